The molecule has 3 saturated heterocycles. The quantitative estimate of drug-likeness (QED) is 0.112. The number of aliphatic hydroxyl groups is 10. The third kappa shape index (κ3) is 7.78. The second-order valence-corrected chi connectivity index (χ2v) is 23.6. The van der Waals surface area contributed by atoms with Crippen LogP contribution in [0, 0.1) is 50.2 Å². The molecule has 0 aromatic carbocycles. The van der Waals surface area contributed by atoms with Crippen molar-refractivity contribution < 1.29 is 89.4 Å². The van der Waals surface area contributed by atoms with Gasteiger partial charge in [0.15, 0.2) is 25.0 Å². The van der Waals surface area contributed by atoms with Crippen LogP contribution in [0.15, 0.2) is 11.6 Å². The molecule has 18 nitrogen and oxygen atoms in total. The standard InChI is InChI=1S/C48H78O18/c1-21-29(52)31(54)35(58)40(61-21)65-37-32(55)30(53)24(19-49)62-41(37)66-38-34(57)33(56)36(39(59)60)64-42(38)63-28-12-13-45(5)25(46(28,6)20-50)11-14-48(8)26(45)10-9-22-23-17-43(2,3)18-27(51)44(23,4)15-16-47(22,48)7/h9,21,23-38,40-42,49-58H,10-20H2,1-8H3,(H,59,60)/t21-,23+,24-,25+,26+,27+,28-,29-,30-,31+,32+,33+,34+,35-,36+,37-,38-,40+,41+,42-,44-,45-,46-,47+,48+/m0/s1. The average molecular weight is 943 g/mol. The molecule has 0 radical (unpaired) electrons. The summed E-state index contributed by atoms with van der Waals surface area (Å²) in [5, 5.41) is 120. The van der Waals surface area contributed by atoms with Gasteiger partial charge in [-0.2, -0.15) is 0 Å². The molecular formula is C48H78O18. The number of carbonyl (C=O) groups is 1. The molecule has 0 unspecified atom stereocenters. The van der Waals surface area contributed by atoms with Crippen molar-refractivity contribution in [2.45, 2.75) is 218 Å². The van der Waals surface area contributed by atoms with Gasteiger partial charge in [-0.1, -0.05) is 60.1 Å². The molecule has 378 valence electrons. The van der Waals surface area contributed by atoms with Gasteiger partial charge in [-0.25, -0.2) is 4.79 Å². The molecule has 0 amide bonds. The van der Waals surface area contributed by atoms with Crippen molar-refractivity contribution in [3.8, 4) is 0 Å². The highest BCUT2D eigenvalue weighted by molar-refractivity contribution is 5.73. The second kappa shape index (κ2) is 17.7. The first kappa shape index (κ1) is 50.9. The molecule has 0 bridgehead atoms. The van der Waals surface area contributed by atoms with E-state index in [4.69, 9.17) is 28.4 Å². The molecule has 3 heterocycles. The van der Waals surface area contributed by atoms with Crippen LogP contribution >= 0.6 is 0 Å². The minimum Gasteiger partial charge on any atom is -0.479 e. The number of fused-ring (bicyclic) bond motifs is 7. The zero-order chi connectivity index (χ0) is 48.4. The van der Waals surface area contributed by atoms with Crippen LogP contribution in [0.2, 0.25) is 0 Å². The molecule has 66 heavy (non-hydrogen) atoms. The van der Waals surface area contributed by atoms with Gasteiger partial charge in [0, 0.05) is 10.8 Å². The van der Waals surface area contributed by atoms with Gasteiger partial charge in [0.25, 0.3) is 0 Å². The maximum atomic E-state index is 12.5. The predicted molar refractivity (Wildman–Crippen MR) is 231 cm³/mol. The fourth-order valence-corrected chi connectivity index (χ4v) is 15.1. The van der Waals surface area contributed by atoms with Crippen LogP contribution in [0.1, 0.15) is 113 Å². The van der Waals surface area contributed by atoms with Gasteiger partial charge in [-0.05, 0) is 104 Å². The molecule has 8 aliphatic rings. The van der Waals surface area contributed by atoms with E-state index in [-0.39, 0.29) is 57.5 Å². The molecule has 5 aliphatic carbocycles. The predicted octanol–water partition coefficient (Wildman–Crippen LogP) is 0.705. The van der Waals surface area contributed by atoms with Gasteiger partial charge in [-0.15, -0.1) is 0 Å². The van der Waals surface area contributed by atoms with Crippen LogP contribution in [-0.4, -0.2) is 180 Å². The van der Waals surface area contributed by atoms with E-state index in [1.807, 2.05) is 6.92 Å². The molecule has 25 atom stereocenters. The van der Waals surface area contributed by atoms with Crippen molar-refractivity contribution in [3.63, 3.8) is 0 Å². The van der Waals surface area contributed by atoms with Crippen molar-refractivity contribution in [2.75, 3.05) is 13.2 Å². The monoisotopic (exact) mass is 943 g/mol. The Morgan fingerprint density at radius 1 is 0.667 bits per heavy atom. The number of aliphatic carboxylic acids is 1. The first-order chi connectivity index (χ1) is 30.7. The Bertz CT molecular complexity index is 1820. The Kier molecular flexibility index (Phi) is 13.7. The third-order valence-corrected chi connectivity index (χ3v) is 19.5. The number of carboxylic acid groups (broad SMARTS) is 1. The normalized spacial score (nSPS) is 55.9. The number of hydrogen-bond donors (Lipinski definition) is 11. The van der Waals surface area contributed by atoms with Crippen LogP contribution in [0.5, 0.6) is 0 Å². The van der Waals surface area contributed by atoms with Crippen molar-refractivity contribution in [1.29, 1.82) is 0 Å². The molecule has 4 saturated carbocycles. The van der Waals surface area contributed by atoms with Crippen LogP contribution in [0.4, 0.5) is 0 Å². The van der Waals surface area contributed by atoms with Gasteiger partial charge in [0.1, 0.15) is 61.0 Å². The van der Waals surface area contributed by atoms with Crippen LogP contribution in [0.3, 0.4) is 0 Å². The topological polar surface area (TPSA) is 295 Å². The van der Waals surface area contributed by atoms with E-state index >= 15 is 0 Å². The van der Waals surface area contributed by atoms with E-state index in [0.717, 1.165) is 44.9 Å². The molecule has 0 aromatic heterocycles. The van der Waals surface area contributed by atoms with Crippen molar-refractivity contribution >= 4 is 5.97 Å². The van der Waals surface area contributed by atoms with Gasteiger partial charge in [0.05, 0.1) is 31.5 Å². The fraction of sp³-hybridized carbons (Fsp3) is 0.938. The lowest BCUT2D eigenvalue weighted by Gasteiger charge is -2.72. The lowest BCUT2D eigenvalue weighted by Crippen LogP contribution is -2.68. The van der Waals surface area contributed by atoms with Crippen LogP contribution < -0.4 is 0 Å². The summed E-state index contributed by atoms with van der Waals surface area (Å²) in [5.41, 5.74) is -0.0545. The zero-order valence-corrected chi connectivity index (χ0v) is 39.7. The Morgan fingerprint density at radius 3 is 1.94 bits per heavy atom. The Morgan fingerprint density at radius 2 is 1.30 bits per heavy atom. The molecule has 7 fully saturated rings. The Balaban J connectivity index is 1.08. The molecule has 3 aliphatic heterocycles. The van der Waals surface area contributed by atoms with E-state index < -0.39 is 116 Å². The first-order valence-electron chi connectivity index (χ1n) is 24.3. The Hall–Kier alpha value is -1.43. The summed E-state index contributed by atoms with van der Waals surface area (Å²) in [7, 11) is 0. The first-order valence-corrected chi connectivity index (χ1v) is 24.3. The maximum absolute atomic E-state index is 12.5. The summed E-state index contributed by atoms with van der Waals surface area (Å²) in [6.07, 6.45) is -17.6. The lowest BCUT2D eigenvalue weighted by atomic mass is 9.33. The maximum Gasteiger partial charge on any atom is 0.335 e. The highest BCUT2D eigenvalue weighted by atomic mass is 16.8. The van der Waals surface area contributed by atoms with E-state index in [0.29, 0.717) is 12.8 Å². The highest BCUT2D eigenvalue weighted by Gasteiger charge is 2.70. The molecule has 8 rings (SSSR count). The van der Waals surface area contributed by atoms with E-state index in [1.54, 1.807) is 0 Å². The third-order valence-electron chi connectivity index (χ3n) is 19.5. The molecule has 11 N–H and O–H groups in total. The Labute approximate surface area is 387 Å². The molecular weight excluding hydrogens is 865 g/mol. The fourth-order valence-electron chi connectivity index (χ4n) is 15.1. The van der Waals surface area contributed by atoms with E-state index in [9.17, 15) is 61.0 Å². The smallest absolute Gasteiger partial charge is 0.335 e. The van der Waals surface area contributed by atoms with Crippen molar-refractivity contribution in [3.05, 3.63) is 11.6 Å². The highest BCUT2D eigenvalue weighted by Crippen LogP contribution is 2.76. The summed E-state index contributed by atoms with van der Waals surface area (Å²) < 4.78 is 36.2. The van der Waals surface area contributed by atoms with Crippen LogP contribution in [-0.2, 0) is 33.2 Å². The summed E-state index contributed by atoms with van der Waals surface area (Å²) in [6, 6.07) is 0. The minimum absolute atomic E-state index is 0.0166. The largest absolute Gasteiger partial charge is 0.479 e. The summed E-state index contributed by atoms with van der Waals surface area (Å²) in [5.74, 6) is -1.16. The summed E-state index contributed by atoms with van der Waals surface area (Å²) in [4.78, 5) is 12.5. The summed E-state index contributed by atoms with van der Waals surface area (Å²) >= 11 is 0. The number of hydrogen-bond acceptors (Lipinski definition) is 17. The number of ether oxygens (including phenoxy) is 6. The van der Waals surface area contributed by atoms with E-state index in [2.05, 4.69) is 47.6 Å². The molecule has 0 aromatic rings. The number of allylic oxidation sites excluding steroid dienone is 2. The van der Waals surface area contributed by atoms with E-state index in [1.165, 1.54) is 12.5 Å². The van der Waals surface area contributed by atoms with Crippen molar-refractivity contribution in [2.24, 2.45) is 50.2 Å². The van der Waals surface area contributed by atoms with Gasteiger partial charge in [0.2, 0.25) is 0 Å². The number of carboxylic acids is 1. The number of rotatable bonds is 9. The van der Waals surface area contributed by atoms with Gasteiger partial charge < -0.3 is 84.6 Å². The number of aliphatic hydroxyl groups excluding tert-OH is 10. The van der Waals surface area contributed by atoms with Crippen molar-refractivity contribution in [1.82, 2.24) is 0 Å². The zero-order valence-electron chi connectivity index (χ0n) is 39.7. The molecule has 18 heteroatoms. The van der Waals surface area contributed by atoms with Gasteiger partial charge in [-0.3, -0.25) is 0 Å². The lowest BCUT2D eigenvalue weighted by molar-refractivity contribution is -0.396. The second-order valence-electron chi connectivity index (χ2n) is 23.6. The molecule has 0 spiro atoms. The van der Waals surface area contributed by atoms with Gasteiger partial charge >= 0.3 is 5.97 Å². The summed E-state index contributed by atoms with van der Waals surface area (Å²) in [6.45, 7) is 16.3. The average Bonchev–Trinajstić information content (AvgIpc) is 3.25. The SMILES string of the molecule is C[C@@H]1O[C@H](O[C@@H]2[C@@H](O[C@@H]3[C@@H](O[C@H]4CC[C@@]5(C)[C@@H](CC[C@]6(C)[C@@H]5CC=C5[C@H]7CC(C)(C)C[C@@H](O)[C@@]7(C)CC[C@]56C)[C@]4(C)CO)O[C@@H](C(=O)O)[C@H](O)[C@H]3O)O[C@@H](CO)[C@H](O)[C@H]2O)[C@@H](O)[C@H](O)[C@H]1O. The van der Waals surface area contributed by atoms with Crippen LogP contribution in [0.25, 0.3) is 0 Å². The minimum atomic E-state index is -2.07.